The first kappa shape index (κ1) is 13.3. The van der Waals surface area contributed by atoms with Crippen molar-refractivity contribution in [2.24, 2.45) is 0 Å². The molecule has 0 aliphatic carbocycles. The van der Waals surface area contributed by atoms with Crippen molar-refractivity contribution in [3.05, 3.63) is 70.2 Å². The van der Waals surface area contributed by atoms with Crippen LogP contribution in [0.4, 0.5) is 0 Å². The fourth-order valence-electron chi connectivity index (χ4n) is 2.16. The van der Waals surface area contributed by atoms with E-state index in [1.54, 1.807) is 0 Å². The van der Waals surface area contributed by atoms with Gasteiger partial charge in [-0.2, -0.15) is 0 Å². The van der Waals surface area contributed by atoms with Gasteiger partial charge >= 0.3 is 0 Å². The summed E-state index contributed by atoms with van der Waals surface area (Å²) in [7, 11) is 2.03. The molecule has 2 rings (SSSR count). The van der Waals surface area contributed by atoms with Crippen LogP contribution in [0.2, 0.25) is 0 Å². The number of aryl methyl sites for hydroxylation is 1. The van der Waals surface area contributed by atoms with Gasteiger partial charge in [0.05, 0.1) is 0 Å². The van der Waals surface area contributed by atoms with Crippen molar-refractivity contribution in [2.75, 3.05) is 7.05 Å². The van der Waals surface area contributed by atoms with Gasteiger partial charge in [-0.1, -0.05) is 64.5 Å². The highest BCUT2D eigenvalue weighted by molar-refractivity contribution is 9.10. The minimum absolute atomic E-state index is 0.415. The molecule has 94 valence electrons. The molecule has 1 nitrogen and oxygen atoms in total. The largest absolute Gasteiger partial charge is 0.313 e. The average molecular weight is 304 g/mol. The lowest BCUT2D eigenvalue weighted by atomic mass is 9.99. The molecular formula is C16H18BrN. The van der Waals surface area contributed by atoms with Crippen molar-refractivity contribution in [3.63, 3.8) is 0 Å². The van der Waals surface area contributed by atoms with Crippen LogP contribution >= 0.6 is 15.9 Å². The maximum atomic E-state index is 3.60. The van der Waals surface area contributed by atoms with Crippen molar-refractivity contribution in [2.45, 2.75) is 18.9 Å². The van der Waals surface area contributed by atoms with Gasteiger partial charge < -0.3 is 5.32 Å². The Bertz CT molecular complexity index is 481. The number of benzene rings is 2. The van der Waals surface area contributed by atoms with Gasteiger partial charge in [0.1, 0.15) is 0 Å². The van der Waals surface area contributed by atoms with Gasteiger partial charge in [0.25, 0.3) is 0 Å². The summed E-state index contributed by atoms with van der Waals surface area (Å²) >= 11 is 3.60. The van der Waals surface area contributed by atoms with Crippen LogP contribution in [0.15, 0.2) is 59.1 Å². The second-order valence-electron chi connectivity index (χ2n) is 4.38. The highest BCUT2D eigenvalue weighted by Crippen LogP contribution is 2.22. The third-order valence-electron chi connectivity index (χ3n) is 3.21. The number of hydrogen-bond acceptors (Lipinski definition) is 1. The van der Waals surface area contributed by atoms with Crippen LogP contribution in [0.1, 0.15) is 23.6 Å². The molecule has 0 aliphatic heterocycles. The third kappa shape index (κ3) is 3.44. The summed E-state index contributed by atoms with van der Waals surface area (Å²) in [5, 5.41) is 3.39. The van der Waals surface area contributed by atoms with E-state index in [2.05, 4.69) is 75.8 Å². The average Bonchev–Trinajstić information content (AvgIpc) is 2.42. The van der Waals surface area contributed by atoms with Crippen molar-refractivity contribution >= 4 is 15.9 Å². The number of halogens is 1. The van der Waals surface area contributed by atoms with Crippen molar-refractivity contribution in [1.29, 1.82) is 0 Å². The second-order valence-corrected chi connectivity index (χ2v) is 5.24. The van der Waals surface area contributed by atoms with Gasteiger partial charge in [-0.15, -0.1) is 0 Å². The van der Waals surface area contributed by atoms with E-state index in [-0.39, 0.29) is 0 Å². The Kier molecular flexibility index (Phi) is 4.97. The van der Waals surface area contributed by atoms with Gasteiger partial charge in [0.2, 0.25) is 0 Å². The molecule has 2 aromatic carbocycles. The molecule has 1 atom stereocenters. The molecule has 0 radical (unpaired) electrons. The first-order valence-corrected chi connectivity index (χ1v) is 7.06. The van der Waals surface area contributed by atoms with Crippen molar-refractivity contribution in [3.8, 4) is 0 Å². The first-order valence-electron chi connectivity index (χ1n) is 6.27. The lowest BCUT2D eigenvalue weighted by Crippen LogP contribution is -2.17. The molecule has 0 bridgehead atoms. The van der Waals surface area contributed by atoms with Crippen molar-refractivity contribution in [1.82, 2.24) is 5.32 Å². The zero-order valence-electron chi connectivity index (χ0n) is 10.6. The molecule has 0 amide bonds. The zero-order valence-corrected chi connectivity index (χ0v) is 12.2. The summed E-state index contributed by atoms with van der Waals surface area (Å²) in [5.74, 6) is 0. The Labute approximate surface area is 117 Å². The summed E-state index contributed by atoms with van der Waals surface area (Å²) in [6, 6.07) is 19.5. The normalized spacial score (nSPS) is 12.3. The Morgan fingerprint density at radius 2 is 1.67 bits per heavy atom. The van der Waals surface area contributed by atoms with E-state index in [1.165, 1.54) is 15.6 Å². The lowest BCUT2D eigenvalue weighted by molar-refractivity contribution is 0.549. The fourth-order valence-corrected chi connectivity index (χ4v) is 2.65. The third-order valence-corrected chi connectivity index (χ3v) is 3.98. The highest BCUT2D eigenvalue weighted by Gasteiger charge is 2.09. The minimum atomic E-state index is 0.415. The molecule has 0 saturated carbocycles. The monoisotopic (exact) mass is 303 g/mol. The summed E-state index contributed by atoms with van der Waals surface area (Å²) in [5.41, 5.74) is 2.72. The van der Waals surface area contributed by atoms with Crippen LogP contribution in [-0.4, -0.2) is 7.05 Å². The molecule has 0 aromatic heterocycles. The quantitative estimate of drug-likeness (QED) is 0.866. The summed E-state index contributed by atoms with van der Waals surface area (Å²) in [6.07, 6.45) is 2.17. The van der Waals surface area contributed by atoms with Crippen molar-refractivity contribution < 1.29 is 0 Å². The second kappa shape index (κ2) is 6.72. The SMILES string of the molecule is CNC(CCc1ccccc1Br)c1ccccc1. The Morgan fingerprint density at radius 3 is 2.33 bits per heavy atom. The summed E-state index contributed by atoms with van der Waals surface area (Å²) < 4.78 is 1.20. The molecule has 2 aromatic rings. The van der Waals surface area contributed by atoms with Crippen LogP contribution in [0.3, 0.4) is 0 Å². The molecule has 18 heavy (non-hydrogen) atoms. The smallest absolute Gasteiger partial charge is 0.0320 e. The first-order chi connectivity index (χ1) is 8.81. The van der Waals surface area contributed by atoms with E-state index in [0.717, 1.165) is 12.8 Å². The van der Waals surface area contributed by atoms with E-state index in [1.807, 2.05) is 7.05 Å². The molecule has 0 saturated heterocycles. The molecule has 0 fully saturated rings. The Morgan fingerprint density at radius 1 is 1.00 bits per heavy atom. The van der Waals surface area contributed by atoms with E-state index in [4.69, 9.17) is 0 Å². The Hall–Kier alpha value is -1.12. The predicted octanol–water partition coefficient (Wildman–Crippen LogP) is 4.34. The zero-order chi connectivity index (χ0) is 12.8. The fraction of sp³-hybridized carbons (Fsp3) is 0.250. The number of rotatable bonds is 5. The molecule has 0 heterocycles. The summed E-state index contributed by atoms with van der Waals surface area (Å²) in [4.78, 5) is 0. The van der Waals surface area contributed by atoms with Crippen LogP contribution in [0.25, 0.3) is 0 Å². The highest BCUT2D eigenvalue weighted by atomic mass is 79.9. The number of nitrogens with one attached hydrogen (secondary N) is 1. The van der Waals surface area contributed by atoms with Crippen LogP contribution < -0.4 is 5.32 Å². The van der Waals surface area contributed by atoms with Crippen LogP contribution in [0.5, 0.6) is 0 Å². The minimum Gasteiger partial charge on any atom is -0.313 e. The molecule has 1 N–H and O–H groups in total. The molecule has 0 spiro atoms. The topological polar surface area (TPSA) is 12.0 Å². The Balaban J connectivity index is 2.02. The number of hydrogen-bond donors (Lipinski definition) is 1. The molecule has 1 unspecified atom stereocenters. The predicted molar refractivity (Wildman–Crippen MR) is 80.7 cm³/mol. The lowest BCUT2D eigenvalue weighted by Gasteiger charge is -2.17. The maximum Gasteiger partial charge on any atom is 0.0320 e. The van der Waals surface area contributed by atoms with E-state index < -0.39 is 0 Å². The van der Waals surface area contributed by atoms with Gasteiger partial charge in [0, 0.05) is 10.5 Å². The van der Waals surface area contributed by atoms with Gasteiger partial charge in [-0.3, -0.25) is 0 Å². The van der Waals surface area contributed by atoms with E-state index >= 15 is 0 Å². The van der Waals surface area contributed by atoms with E-state index in [0.29, 0.717) is 6.04 Å². The maximum absolute atomic E-state index is 3.60. The molecule has 2 heteroatoms. The van der Waals surface area contributed by atoms with Gasteiger partial charge in [-0.05, 0) is 37.1 Å². The van der Waals surface area contributed by atoms with Crippen LogP contribution in [0, 0.1) is 0 Å². The van der Waals surface area contributed by atoms with Crippen LogP contribution in [-0.2, 0) is 6.42 Å². The van der Waals surface area contributed by atoms with E-state index in [9.17, 15) is 0 Å². The molecular weight excluding hydrogens is 286 g/mol. The standard InChI is InChI=1S/C16H18BrN/c1-18-16(14-8-3-2-4-9-14)12-11-13-7-5-6-10-15(13)17/h2-10,16,18H,11-12H2,1H3. The van der Waals surface area contributed by atoms with Gasteiger partial charge in [0.15, 0.2) is 0 Å². The summed E-state index contributed by atoms with van der Waals surface area (Å²) in [6.45, 7) is 0. The van der Waals surface area contributed by atoms with Gasteiger partial charge in [-0.25, -0.2) is 0 Å². The molecule has 0 aliphatic rings.